The third-order valence-corrected chi connectivity index (χ3v) is 4.21. The van der Waals surface area contributed by atoms with Crippen molar-refractivity contribution < 1.29 is 9.47 Å². The van der Waals surface area contributed by atoms with Crippen molar-refractivity contribution in [1.29, 1.82) is 0 Å². The number of hydrogen-bond donors (Lipinski definition) is 1. The summed E-state index contributed by atoms with van der Waals surface area (Å²) in [6.07, 6.45) is 8.85. The van der Waals surface area contributed by atoms with Crippen LogP contribution in [0.4, 0.5) is 0 Å². The molecule has 1 aliphatic carbocycles. The smallest absolute Gasteiger partial charge is 0.165 e. The maximum Gasteiger partial charge on any atom is 0.165 e. The average Bonchev–Trinajstić information content (AvgIpc) is 3.03. The molecule has 0 aromatic heterocycles. The van der Waals surface area contributed by atoms with Crippen LogP contribution in [0.3, 0.4) is 0 Å². The number of para-hydroxylation sites is 1. The summed E-state index contributed by atoms with van der Waals surface area (Å²) in [5.74, 6) is 1.76. The molecule has 3 heteroatoms. The molecule has 0 aliphatic heterocycles. The van der Waals surface area contributed by atoms with Crippen molar-refractivity contribution in [2.45, 2.75) is 64.5 Å². The van der Waals surface area contributed by atoms with E-state index in [1.165, 1.54) is 44.1 Å². The normalized spacial score (nSPS) is 15.3. The van der Waals surface area contributed by atoms with Crippen LogP contribution in [0.1, 0.15) is 57.4 Å². The fourth-order valence-corrected chi connectivity index (χ4v) is 2.94. The second-order valence-corrected chi connectivity index (χ2v) is 5.87. The second-order valence-electron chi connectivity index (χ2n) is 5.87. The Hall–Kier alpha value is -1.22. The van der Waals surface area contributed by atoms with Crippen LogP contribution in [-0.2, 0) is 6.54 Å². The Morgan fingerprint density at radius 2 is 2.00 bits per heavy atom. The molecule has 0 unspecified atom stereocenters. The van der Waals surface area contributed by atoms with Crippen LogP contribution in [-0.4, -0.2) is 19.8 Å². The first-order valence-electron chi connectivity index (χ1n) is 8.37. The lowest BCUT2D eigenvalue weighted by Gasteiger charge is -2.17. The molecule has 3 nitrogen and oxygen atoms in total. The lowest BCUT2D eigenvalue weighted by molar-refractivity contribution is 0.282. The van der Waals surface area contributed by atoms with Crippen LogP contribution in [0.5, 0.6) is 11.5 Å². The summed E-state index contributed by atoms with van der Waals surface area (Å²) in [6.45, 7) is 3.84. The van der Waals surface area contributed by atoms with Crippen molar-refractivity contribution >= 4 is 0 Å². The zero-order chi connectivity index (χ0) is 14.9. The van der Waals surface area contributed by atoms with Gasteiger partial charge in [-0.15, -0.1) is 0 Å². The van der Waals surface area contributed by atoms with E-state index in [1.54, 1.807) is 7.11 Å². The van der Waals surface area contributed by atoms with Crippen molar-refractivity contribution in [3.63, 3.8) is 0 Å². The van der Waals surface area contributed by atoms with Gasteiger partial charge in [0, 0.05) is 18.2 Å². The predicted octanol–water partition coefficient (Wildman–Crippen LogP) is 4.30. The molecule has 0 amide bonds. The maximum atomic E-state index is 6.01. The molecule has 0 atom stereocenters. The molecule has 1 aromatic rings. The molecule has 0 saturated heterocycles. The minimum absolute atomic E-state index is 0.671. The zero-order valence-electron chi connectivity index (χ0n) is 13.5. The van der Waals surface area contributed by atoms with Gasteiger partial charge in [0.05, 0.1) is 13.7 Å². The molecular weight excluding hydrogens is 262 g/mol. The van der Waals surface area contributed by atoms with Gasteiger partial charge < -0.3 is 14.8 Å². The minimum atomic E-state index is 0.671. The number of ether oxygens (including phenoxy) is 2. The predicted molar refractivity (Wildman–Crippen MR) is 87.1 cm³/mol. The standard InChI is InChI=1S/C18H29NO2/c1-3-4-7-13-21-18-15(9-8-12-17(18)20-2)14-19-16-10-5-6-11-16/h8-9,12,16,19H,3-7,10-11,13-14H2,1-2H3. The number of unbranched alkanes of at least 4 members (excludes halogenated alkanes) is 2. The highest BCUT2D eigenvalue weighted by Gasteiger charge is 2.16. The van der Waals surface area contributed by atoms with E-state index in [2.05, 4.69) is 18.3 Å². The zero-order valence-corrected chi connectivity index (χ0v) is 13.5. The Labute approximate surface area is 129 Å². The highest BCUT2D eigenvalue weighted by Crippen LogP contribution is 2.31. The largest absolute Gasteiger partial charge is 0.493 e. The number of benzene rings is 1. The molecule has 0 bridgehead atoms. The Bertz CT molecular complexity index is 414. The van der Waals surface area contributed by atoms with Crippen molar-refractivity contribution in [3.05, 3.63) is 23.8 Å². The molecule has 1 aromatic carbocycles. The maximum absolute atomic E-state index is 6.01. The molecule has 1 saturated carbocycles. The van der Waals surface area contributed by atoms with Crippen LogP contribution in [0.2, 0.25) is 0 Å². The summed E-state index contributed by atoms with van der Waals surface area (Å²) in [6, 6.07) is 6.83. The third kappa shape index (κ3) is 4.92. The molecule has 1 N–H and O–H groups in total. The van der Waals surface area contributed by atoms with E-state index in [1.807, 2.05) is 12.1 Å². The topological polar surface area (TPSA) is 30.5 Å². The van der Waals surface area contributed by atoms with Gasteiger partial charge in [-0.2, -0.15) is 0 Å². The molecule has 21 heavy (non-hydrogen) atoms. The van der Waals surface area contributed by atoms with Gasteiger partial charge in [0.2, 0.25) is 0 Å². The first kappa shape index (κ1) is 16.2. The summed E-state index contributed by atoms with van der Waals surface area (Å²) in [5, 5.41) is 3.66. The van der Waals surface area contributed by atoms with Crippen LogP contribution in [0, 0.1) is 0 Å². The monoisotopic (exact) mass is 291 g/mol. The molecule has 0 spiro atoms. The second kappa shape index (κ2) is 8.93. The number of methoxy groups -OCH3 is 1. The number of hydrogen-bond acceptors (Lipinski definition) is 3. The quantitative estimate of drug-likeness (QED) is 0.688. The van der Waals surface area contributed by atoms with Crippen LogP contribution >= 0.6 is 0 Å². The summed E-state index contributed by atoms with van der Waals surface area (Å²) < 4.78 is 11.5. The molecule has 118 valence electrons. The fraction of sp³-hybridized carbons (Fsp3) is 0.667. The number of rotatable bonds is 9. The Morgan fingerprint density at radius 3 is 2.71 bits per heavy atom. The first-order chi connectivity index (χ1) is 10.3. The highest BCUT2D eigenvalue weighted by atomic mass is 16.5. The van der Waals surface area contributed by atoms with Crippen molar-refractivity contribution in [1.82, 2.24) is 5.32 Å². The molecule has 2 rings (SSSR count). The molecule has 1 aliphatic rings. The van der Waals surface area contributed by atoms with Gasteiger partial charge in [0.25, 0.3) is 0 Å². The van der Waals surface area contributed by atoms with E-state index in [0.29, 0.717) is 6.04 Å². The Balaban J connectivity index is 1.96. The molecular formula is C18H29NO2. The van der Waals surface area contributed by atoms with Crippen LogP contribution < -0.4 is 14.8 Å². The van der Waals surface area contributed by atoms with Gasteiger partial charge in [-0.1, -0.05) is 44.7 Å². The molecule has 0 radical (unpaired) electrons. The van der Waals surface area contributed by atoms with E-state index >= 15 is 0 Å². The Morgan fingerprint density at radius 1 is 1.19 bits per heavy atom. The lowest BCUT2D eigenvalue weighted by atomic mass is 10.1. The third-order valence-electron chi connectivity index (χ3n) is 4.21. The van der Waals surface area contributed by atoms with Gasteiger partial charge in [0.15, 0.2) is 11.5 Å². The summed E-state index contributed by atoms with van der Waals surface area (Å²) in [4.78, 5) is 0. The van der Waals surface area contributed by atoms with Gasteiger partial charge in [-0.3, -0.25) is 0 Å². The summed E-state index contributed by atoms with van der Waals surface area (Å²) in [5.41, 5.74) is 1.21. The van der Waals surface area contributed by atoms with E-state index in [9.17, 15) is 0 Å². The summed E-state index contributed by atoms with van der Waals surface area (Å²) >= 11 is 0. The van der Waals surface area contributed by atoms with E-state index in [-0.39, 0.29) is 0 Å². The lowest BCUT2D eigenvalue weighted by Crippen LogP contribution is -2.25. The van der Waals surface area contributed by atoms with E-state index in [4.69, 9.17) is 9.47 Å². The van der Waals surface area contributed by atoms with Gasteiger partial charge in [-0.05, 0) is 25.3 Å². The number of nitrogens with one attached hydrogen (secondary N) is 1. The van der Waals surface area contributed by atoms with E-state index < -0.39 is 0 Å². The SMILES string of the molecule is CCCCCOc1c(CNC2CCCC2)cccc1OC. The average molecular weight is 291 g/mol. The Kier molecular flexibility index (Phi) is 6.87. The molecule has 1 fully saturated rings. The first-order valence-corrected chi connectivity index (χ1v) is 8.37. The van der Waals surface area contributed by atoms with E-state index in [0.717, 1.165) is 31.1 Å². The summed E-state index contributed by atoms with van der Waals surface area (Å²) in [7, 11) is 1.71. The van der Waals surface area contributed by atoms with Gasteiger partial charge >= 0.3 is 0 Å². The van der Waals surface area contributed by atoms with Gasteiger partial charge in [0.1, 0.15) is 0 Å². The highest BCUT2D eigenvalue weighted by molar-refractivity contribution is 5.46. The minimum Gasteiger partial charge on any atom is -0.493 e. The van der Waals surface area contributed by atoms with Crippen LogP contribution in [0.15, 0.2) is 18.2 Å². The fourth-order valence-electron chi connectivity index (χ4n) is 2.94. The van der Waals surface area contributed by atoms with Crippen molar-refractivity contribution in [3.8, 4) is 11.5 Å². The van der Waals surface area contributed by atoms with Crippen LogP contribution in [0.25, 0.3) is 0 Å². The van der Waals surface area contributed by atoms with Gasteiger partial charge in [-0.25, -0.2) is 0 Å². The van der Waals surface area contributed by atoms with Crippen molar-refractivity contribution in [2.24, 2.45) is 0 Å². The van der Waals surface area contributed by atoms with Crippen molar-refractivity contribution in [2.75, 3.05) is 13.7 Å². The molecule has 0 heterocycles.